The quantitative estimate of drug-likeness (QED) is 0.354. The van der Waals surface area contributed by atoms with Gasteiger partial charge in [0.05, 0.1) is 5.75 Å². The molecule has 0 amide bonds. The lowest BCUT2D eigenvalue weighted by Gasteiger charge is -2.22. The largest absolute Gasteiger partial charge is 0.372 e. The van der Waals surface area contributed by atoms with Gasteiger partial charge in [-0.25, -0.2) is 8.42 Å². The van der Waals surface area contributed by atoms with Crippen LogP contribution in [0.4, 0.5) is 5.69 Å². The average molecular weight is 369 g/mol. The van der Waals surface area contributed by atoms with Crippen LogP contribution in [0.2, 0.25) is 0 Å². The van der Waals surface area contributed by atoms with Crippen LogP contribution >= 0.6 is 0 Å². The van der Waals surface area contributed by atoms with Crippen molar-refractivity contribution in [2.45, 2.75) is 26.7 Å². The Hall–Kier alpha value is -1.76. The Labute approximate surface area is 152 Å². The number of aliphatic imine (C=N–C) groups is 1. The van der Waals surface area contributed by atoms with Gasteiger partial charge in [-0.3, -0.25) is 4.99 Å². The Kier molecular flexibility index (Phi) is 9.99. The summed E-state index contributed by atoms with van der Waals surface area (Å²) in [6, 6.07) is 10.4. The molecule has 0 saturated heterocycles. The zero-order chi connectivity index (χ0) is 18.5. The number of nitrogens with one attached hydrogen (secondary N) is 2. The van der Waals surface area contributed by atoms with Gasteiger partial charge >= 0.3 is 0 Å². The SMILES string of the molecule is CCNC(=NCCCN(CC)c1ccccc1)NCCCS(C)(=O)=O. The maximum absolute atomic E-state index is 11.1. The smallest absolute Gasteiger partial charge is 0.191 e. The molecule has 6 nitrogen and oxygen atoms in total. The molecule has 0 aromatic heterocycles. The van der Waals surface area contributed by atoms with Gasteiger partial charge in [0.1, 0.15) is 9.84 Å². The third kappa shape index (κ3) is 9.96. The van der Waals surface area contributed by atoms with Gasteiger partial charge < -0.3 is 15.5 Å². The summed E-state index contributed by atoms with van der Waals surface area (Å²) >= 11 is 0. The lowest BCUT2D eigenvalue weighted by atomic mass is 10.2. The van der Waals surface area contributed by atoms with E-state index in [1.165, 1.54) is 11.9 Å². The fourth-order valence-corrected chi connectivity index (χ4v) is 3.11. The number of guanidine groups is 1. The van der Waals surface area contributed by atoms with Crippen LogP contribution in [0.3, 0.4) is 0 Å². The summed E-state index contributed by atoms with van der Waals surface area (Å²) < 4.78 is 22.3. The minimum atomic E-state index is -2.90. The first-order valence-corrected chi connectivity index (χ1v) is 11.0. The van der Waals surface area contributed by atoms with Gasteiger partial charge in [-0.2, -0.15) is 0 Å². The maximum atomic E-state index is 11.1. The highest BCUT2D eigenvalue weighted by Gasteiger charge is 2.04. The molecule has 1 aromatic carbocycles. The minimum absolute atomic E-state index is 0.196. The molecule has 0 aliphatic carbocycles. The summed E-state index contributed by atoms with van der Waals surface area (Å²) in [5.74, 6) is 0.945. The van der Waals surface area contributed by atoms with Gasteiger partial charge in [-0.05, 0) is 38.8 Å². The first-order valence-electron chi connectivity index (χ1n) is 8.96. The third-order valence-corrected chi connectivity index (χ3v) is 4.72. The summed E-state index contributed by atoms with van der Waals surface area (Å²) in [5, 5.41) is 6.38. The highest BCUT2D eigenvalue weighted by atomic mass is 32.2. The van der Waals surface area contributed by atoms with Crippen LogP contribution < -0.4 is 15.5 Å². The Bertz CT molecular complexity index is 603. The Morgan fingerprint density at radius 2 is 1.84 bits per heavy atom. The molecule has 0 fully saturated rings. The maximum Gasteiger partial charge on any atom is 0.191 e. The van der Waals surface area contributed by atoms with Crippen LogP contribution in [0.1, 0.15) is 26.7 Å². The first-order chi connectivity index (χ1) is 12.0. The molecule has 0 aliphatic heterocycles. The zero-order valence-corrected chi connectivity index (χ0v) is 16.5. The van der Waals surface area contributed by atoms with Crippen molar-refractivity contribution in [1.29, 1.82) is 0 Å². The van der Waals surface area contributed by atoms with Gasteiger partial charge in [0.2, 0.25) is 0 Å². The summed E-state index contributed by atoms with van der Waals surface area (Å²) in [5.41, 5.74) is 1.24. The predicted molar refractivity (Wildman–Crippen MR) is 107 cm³/mol. The van der Waals surface area contributed by atoms with E-state index in [1.807, 2.05) is 13.0 Å². The summed E-state index contributed by atoms with van der Waals surface area (Å²) in [7, 11) is -2.90. The molecule has 1 rings (SSSR count). The van der Waals surface area contributed by atoms with Gasteiger partial charge in [-0.15, -0.1) is 0 Å². The van der Waals surface area contributed by atoms with Gasteiger partial charge in [-0.1, -0.05) is 18.2 Å². The van der Waals surface area contributed by atoms with Crippen molar-refractivity contribution in [3.63, 3.8) is 0 Å². The van der Waals surface area contributed by atoms with Gasteiger partial charge in [0.15, 0.2) is 5.96 Å². The second-order valence-electron chi connectivity index (χ2n) is 5.94. The molecule has 2 N–H and O–H groups in total. The molecule has 0 heterocycles. The number of para-hydroxylation sites is 1. The standard InChI is InChI=1S/C18H32N4O2S/c1-4-19-18(21-14-10-16-25(3,23)24)20-13-9-15-22(5-2)17-11-7-6-8-12-17/h6-8,11-12H,4-5,9-10,13-16H2,1-3H3,(H2,19,20,21). The van der Waals surface area contributed by atoms with E-state index in [4.69, 9.17) is 0 Å². The molecule has 0 aliphatic rings. The minimum Gasteiger partial charge on any atom is -0.372 e. The van der Waals surface area contributed by atoms with Crippen molar-refractivity contribution >= 4 is 21.5 Å². The fourth-order valence-electron chi connectivity index (χ4n) is 2.44. The molecule has 0 atom stereocenters. The molecule has 0 bridgehead atoms. The molecule has 7 heteroatoms. The van der Waals surface area contributed by atoms with Crippen molar-refractivity contribution < 1.29 is 8.42 Å². The number of hydrogen-bond donors (Lipinski definition) is 2. The monoisotopic (exact) mass is 368 g/mol. The number of rotatable bonds is 11. The van der Waals surface area contributed by atoms with Crippen LogP contribution in [-0.2, 0) is 9.84 Å². The topological polar surface area (TPSA) is 73.8 Å². The third-order valence-electron chi connectivity index (χ3n) is 3.69. The number of sulfone groups is 1. The Morgan fingerprint density at radius 3 is 2.44 bits per heavy atom. The van der Waals surface area contributed by atoms with Crippen LogP contribution in [0.5, 0.6) is 0 Å². The summed E-state index contributed by atoms with van der Waals surface area (Å²) in [4.78, 5) is 6.90. The molecule has 25 heavy (non-hydrogen) atoms. The molecule has 142 valence electrons. The van der Waals surface area contributed by atoms with E-state index in [2.05, 4.69) is 51.7 Å². The average Bonchev–Trinajstić information content (AvgIpc) is 2.58. The first kappa shape index (κ1) is 21.3. The molecule has 0 saturated carbocycles. The normalized spacial score (nSPS) is 12.0. The van der Waals surface area contributed by atoms with Crippen molar-refractivity contribution in [2.24, 2.45) is 4.99 Å². The van der Waals surface area contributed by atoms with E-state index in [0.717, 1.165) is 38.6 Å². The van der Waals surface area contributed by atoms with E-state index in [1.54, 1.807) is 0 Å². The van der Waals surface area contributed by atoms with Crippen molar-refractivity contribution in [2.75, 3.05) is 49.6 Å². The Balaban J connectivity index is 2.38. The van der Waals surface area contributed by atoms with E-state index in [-0.39, 0.29) is 5.75 Å². The lowest BCUT2D eigenvalue weighted by Crippen LogP contribution is -2.38. The van der Waals surface area contributed by atoms with E-state index >= 15 is 0 Å². The summed E-state index contributed by atoms with van der Waals surface area (Å²) in [6.45, 7) is 8.21. The van der Waals surface area contributed by atoms with Crippen LogP contribution in [0.15, 0.2) is 35.3 Å². The van der Waals surface area contributed by atoms with Crippen molar-refractivity contribution in [1.82, 2.24) is 10.6 Å². The predicted octanol–water partition coefficient (Wildman–Crippen LogP) is 1.89. The van der Waals surface area contributed by atoms with Gasteiger partial charge in [0, 0.05) is 44.7 Å². The summed E-state index contributed by atoms with van der Waals surface area (Å²) in [6.07, 6.45) is 2.81. The molecule has 0 spiro atoms. The van der Waals surface area contributed by atoms with Gasteiger partial charge in [0.25, 0.3) is 0 Å². The second-order valence-corrected chi connectivity index (χ2v) is 8.20. The van der Waals surface area contributed by atoms with Crippen molar-refractivity contribution in [3.8, 4) is 0 Å². The number of hydrogen-bond acceptors (Lipinski definition) is 4. The zero-order valence-electron chi connectivity index (χ0n) is 15.7. The number of benzene rings is 1. The molecule has 1 aromatic rings. The Morgan fingerprint density at radius 1 is 1.12 bits per heavy atom. The fraction of sp³-hybridized carbons (Fsp3) is 0.611. The number of anilines is 1. The molecular formula is C18H32N4O2S. The molecule has 0 unspecified atom stereocenters. The van der Waals surface area contributed by atoms with Crippen molar-refractivity contribution in [3.05, 3.63) is 30.3 Å². The molecule has 0 radical (unpaired) electrons. The molecular weight excluding hydrogens is 336 g/mol. The van der Waals surface area contributed by atoms with Crippen LogP contribution in [0.25, 0.3) is 0 Å². The lowest BCUT2D eigenvalue weighted by molar-refractivity contribution is 0.598. The van der Waals surface area contributed by atoms with E-state index in [0.29, 0.717) is 13.0 Å². The number of nitrogens with zero attached hydrogens (tertiary/aromatic N) is 2. The van der Waals surface area contributed by atoms with E-state index in [9.17, 15) is 8.42 Å². The van der Waals surface area contributed by atoms with E-state index < -0.39 is 9.84 Å². The van der Waals surface area contributed by atoms with Crippen LogP contribution in [-0.4, -0.2) is 59.1 Å². The highest BCUT2D eigenvalue weighted by Crippen LogP contribution is 2.12. The highest BCUT2D eigenvalue weighted by molar-refractivity contribution is 7.90. The second kappa shape index (κ2) is 11.7. The van der Waals surface area contributed by atoms with Crippen LogP contribution in [0, 0.1) is 0 Å².